The summed E-state index contributed by atoms with van der Waals surface area (Å²) in [6.45, 7) is 8.16. The second kappa shape index (κ2) is 5.92. The number of anilines is 2. The van der Waals surface area contributed by atoms with E-state index in [0.717, 1.165) is 36.5 Å². The van der Waals surface area contributed by atoms with Gasteiger partial charge in [-0.2, -0.15) is 0 Å². The van der Waals surface area contributed by atoms with Gasteiger partial charge in [0.25, 0.3) is 0 Å². The lowest BCUT2D eigenvalue weighted by Gasteiger charge is -2.25. The minimum Gasteiger partial charge on any atom is -0.397 e. The van der Waals surface area contributed by atoms with Crippen LogP contribution in [0.15, 0.2) is 18.2 Å². The van der Waals surface area contributed by atoms with E-state index >= 15 is 0 Å². The standard InChI is InChI=1S/C14H24N2O/c1-11-6-5-7-12(13(11)15)16-10-14(2,3)8-9-17-4/h5-7,16H,8-10,15H2,1-4H3. The van der Waals surface area contributed by atoms with E-state index in [1.54, 1.807) is 7.11 Å². The maximum Gasteiger partial charge on any atom is 0.0579 e. The van der Waals surface area contributed by atoms with Crippen LogP contribution in [0.3, 0.4) is 0 Å². The molecule has 1 rings (SSSR count). The van der Waals surface area contributed by atoms with Crippen LogP contribution in [-0.4, -0.2) is 20.3 Å². The molecule has 0 radical (unpaired) electrons. The Morgan fingerprint density at radius 2 is 2.06 bits per heavy atom. The van der Waals surface area contributed by atoms with Crippen LogP contribution in [0.1, 0.15) is 25.8 Å². The highest BCUT2D eigenvalue weighted by Crippen LogP contribution is 2.25. The summed E-state index contributed by atoms with van der Waals surface area (Å²) in [5, 5.41) is 3.42. The molecule has 0 aliphatic heterocycles. The Morgan fingerprint density at radius 3 is 2.71 bits per heavy atom. The van der Waals surface area contributed by atoms with Crippen molar-refractivity contribution in [3.63, 3.8) is 0 Å². The Bertz CT molecular complexity index is 361. The molecule has 0 amide bonds. The van der Waals surface area contributed by atoms with Crippen molar-refractivity contribution in [3.8, 4) is 0 Å². The third kappa shape index (κ3) is 4.27. The summed E-state index contributed by atoms with van der Waals surface area (Å²) in [5.74, 6) is 0. The molecule has 0 saturated heterocycles. The first-order chi connectivity index (χ1) is 7.96. The van der Waals surface area contributed by atoms with Crippen LogP contribution in [0.25, 0.3) is 0 Å². The molecule has 0 aliphatic carbocycles. The van der Waals surface area contributed by atoms with Crippen molar-refractivity contribution >= 4 is 11.4 Å². The molecule has 96 valence electrons. The van der Waals surface area contributed by atoms with Crippen LogP contribution in [0.2, 0.25) is 0 Å². The molecule has 17 heavy (non-hydrogen) atoms. The van der Waals surface area contributed by atoms with Crippen molar-refractivity contribution in [2.75, 3.05) is 31.3 Å². The maximum atomic E-state index is 6.02. The lowest BCUT2D eigenvalue weighted by atomic mass is 9.89. The molecule has 0 saturated carbocycles. The van der Waals surface area contributed by atoms with Gasteiger partial charge in [0.2, 0.25) is 0 Å². The van der Waals surface area contributed by atoms with Crippen molar-refractivity contribution in [2.45, 2.75) is 27.2 Å². The molecule has 0 atom stereocenters. The van der Waals surface area contributed by atoms with Gasteiger partial charge in [-0.25, -0.2) is 0 Å². The van der Waals surface area contributed by atoms with Crippen molar-refractivity contribution in [1.82, 2.24) is 0 Å². The molecule has 0 aliphatic rings. The van der Waals surface area contributed by atoms with Gasteiger partial charge in [-0.05, 0) is 30.4 Å². The molecule has 3 heteroatoms. The number of aryl methyl sites for hydroxylation is 1. The molecule has 0 bridgehead atoms. The molecule has 0 unspecified atom stereocenters. The van der Waals surface area contributed by atoms with Gasteiger partial charge >= 0.3 is 0 Å². The third-order valence-corrected chi connectivity index (χ3v) is 3.06. The molecule has 0 fully saturated rings. The van der Waals surface area contributed by atoms with Crippen LogP contribution >= 0.6 is 0 Å². The van der Waals surface area contributed by atoms with Gasteiger partial charge in [-0.1, -0.05) is 26.0 Å². The average Bonchev–Trinajstić information content (AvgIpc) is 2.29. The summed E-state index contributed by atoms with van der Waals surface area (Å²) in [6.07, 6.45) is 1.03. The van der Waals surface area contributed by atoms with Crippen LogP contribution in [-0.2, 0) is 4.74 Å². The predicted octanol–water partition coefficient (Wildman–Crippen LogP) is 3.05. The number of nitrogens with two attached hydrogens (primary N) is 1. The molecule has 1 aromatic rings. The number of hydrogen-bond acceptors (Lipinski definition) is 3. The predicted molar refractivity (Wildman–Crippen MR) is 74.4 cm³/mol. The molecule has 0 heterocycles. The van der Waals surface area contributed by atoms with Gasteiger partial charge in [0, 0.05) is 20.3 Å². The van der Waals surface area contributed by atoms with Crippen molar-refractivity contribution in [3.05, 3.63) is 23.8 Å². The lowest BCUT2D eigenvalue weighted by molar-refractivity contribution is 0.157. The fourth-order valence-corrected chi connectivity index (χ4v) is 1.64. The largest absolute Gasteiger partial charge is 0.397 e. The molecular formula is C14H24N2O. The second-order valence-corrected chi connectivity index (χ2v) is 5.30. The van der Waals surface area contributed by atoms with E-state index in [1.807, 2.05) is 25.1 Å². The number of benzene rings is 1. The number of methoxy groups -OCH3 is 1. The van der Waals surface area contributed by atoms with E-state index in [0.29, 0.717) is 0 Å². The maximum absolute atomic E-state index is 6.02. The van der Waals surface area contributed by atoms with E-state index in [9.17, 15) is 0 Å². The van der Waals surface area contributed by atoms with Crippen LogP contribution in [0.4, 0.5) is 11.4 Å². The topological polar surface area (TPSA) is 47.3 Å². The number of ether oxygens (including phenoxy) is 1. The number of hydrogen-bond donors (Lipinski definition) is 2. The molecule has 0 spiro atoms. The average molecular weight is 236 g/mol. The van der Waals surface area contributed by atoms with E-state index in [2.05, 4.69) is 19.2 Å². The Labute approximate surface area is 104 Å². The molecule has 1 aromatic carbocycles. The van der Waals surface area contributed by atoms with E-state index in [1.165, 1.54) is 0 Å². The summed E-state index contributed by atoms with van der Waals surface area (Å²) in [5.41, 5.74) is 9.21. The van der Waals surface area contributed by atoms with Crippen molar-refractivity contribution in [1.29, 1.82) is 0 Å². The molecule has 3 nitrogen and oxygen atoms in total. The van der Waals surface area contributed by atoms with Gasteiger partial charge in [0.1, 0.15) is 0 Å². The minimum atomic E-state index is 0.201. The van der Waals surface area contributed by atoms with Gasteiger partial charge in [-0.3, -0.25) is 0 Å². The molecule has 0 aromatic heterocycles. The van der Waals surface area contributed by atoms with Crippen LogP contribution in [0.5, 0.6) is 0 Å². The molecular weight excluding hydrogens is 212 g/mol. The minimum absolute atomic E-state index is 0.201. The van der Waals surface area contributed by atoms with Gasteiger partial charge in [0.15, 0.2) is 0 Å². The van der Waals surface area contributed by atoms with Gasteiger partial charge in [-0.15, -0.1) is 0 Å². The Morgan fingerprint density at radius 1 is 1.35 bits per heavy atom. The number of nitrogens with one attached hydrogen (secondary N) is 1. The van der Waals surface area contributed by atoms with E-state index in [-0.39, 0.29) is 5.41 Å². The van der Waals surface area contributed by atoms with Gasteiger partial charge < -0.3 is 15.8 Å². The monoisotopic (exact) mass is 236 g/mol. The first kappa shape index (κ1) is 13.8. The first-order valence-electron chi connectivity index (χ1n) is 6.04. The highest BCUT2D eigenvalue weighted by Gasteiger charge is 2.17. The zero-order chi connectivity index (χ0) is 12.9. The highest BCUT2D eigenvalue weighted by molar-refractivity contribution is 5.69. The number of rotatable bonds is 6. The normalized spacial score (nSPS) is 11.5. The summed E-state index contributed by atoms with van der Waals surface area (Å²) >= 11 is 0. The van der Waals surface area contributed by atoms with Crippen LogP contribution < -0.4 is 11.1 Å². The zero-order valence-electron chi connectivity index (χ0n) is 11.3. The third-order valence-electron chi connectivity index (χ3n) is 3.06. The fourth-order valence-electron chi connectivity index (χ4n) is 1.64. The smallest absolute Gasteiger partial charge is 0.0579 e. The highest BCUT2D eigenvalue weighted by atomic mass is 16.5. The van der Waals surface area contributed by atoms with E-state index < -0.39 is 0 Å². The molecule has 3 N–H and O–H groups in total. The Balaban J connectivity index is 2.58. The Kier molecular flexibility index (Phi) is 4.82. The summed E-state index contributed by atoms with van der Waals surface area (Å²) in [6, 6.07) is 6.07. The van der Waals surface area contributed by atoms with Gasteiger partial charge in [0.05, 0.1) is 11.4 Å². The number of para-hydroxylation sites is 1. The SMILES string of the molecule is COCCC(C)(C)CNc1cccc(C)c1N. The second-order valence-electron chi connectivity index (χ2n) is 5.30. The van der Waals surface area contributed by atoms with E-state index in [4.69, 9.17) is 10.5 Å². The van der Waals surface area contributed by atoms with Crippen molar-refractivity contribution < 1.29 is 4.74 Å². The Hall–Kier alpha value is -1.22. The first-order valence-corrected chi connectivity index (χ1v) is 6.04. The van der Waals surface area contributed by atoms with Crippen molar-refractivity contribution in [2.24, 2.45) is 5.41 Å². The summed E-state index contributed by atoms with van der Waals surface area (Å²) in [4.78, 5) is 0. The quantitative estimate of drug-likeness (QED) is 0.746. The summed E-state index contributed by atoms with van der Waals surface area (Å²) in [7, 11) is 1.74. The number of nitrogen functional groups attached to an aromatic ring is 1. The fraction of sp³-hybridized carbons (Fsp3) is 0.571. The summed E-state index contributed by atoms with van der Waals surface area (Å²) < 4.78 is 5.12. The zero-order valence-corrected chi connectivity index (χ0v) is 11.3. The lowest BCUT2D eigenvalue weighted by Crippen LogP contribution is -2.25. The van der Waals surface area contributed by atoms with Crippen LogP contribution in [0, 0.1) is 12.3 Å².